The molecule has 0 saturated heterocycles. The Morgan fingerprint density at radius 2 is 1.75 bits per heavy atom. The van der Waals surface area contributed by atoms with E-state index in [0.29, 0.717) is 0 Å². The van der Waals surface area contributed by atoms with E-state index in [9.17, 15) is 13.2 Å². The third-order valence-electron chi connectivity index (χ3n) is 3.93. The number of nitrogens with two attached hydrogens (primary N) is 1. The second kappa shape index (κ2) is 4.53. The molecule has 1 atom stereocenters. The maximum absolute atomic E-state index is 12.3. The van der Waals surface area contributed by atoms with Gasteiger partial charge in [0.15, 0.2) is 0 Å². The van der Waals surface area contributed by atoms with Gasteiger partial charge in [0.05, 0.1) is 6.54 Å². The van der Waals surface area contributed by atoms with E-state index in [2.05, 4.69) is 5.32 Å². The van der Waals surface area contributed by atoms with Crippen molar-refractivity contribution in [3.05, 3.63) is 0 Å². The predicted molar refractivity (Wildman–Crippen MR) is 58.1 cm³/mol. The molecule has 1 unspecified atom stereocenters. The lowest BCUT2D eigenvalue weighted by molar-refractivity contribution is -0.133. The highest BCUT2D eigenvalue weighted by atomic mass is 19.4. The highest BCUT2D eigenvalue weighted by Gasteiger charge is 2.46. The molecule has 2 nitrogen and oxygen atoms in total. The minimum Gasteiger partial charge on any atom is -0.329 e. The van der Waals surface area contributed by atoms with Crippen molar-refractivity contribution in [3.8, 4) is 0 Å². The largest absolute Gasteiger partial charge is 0.401 e. The molecule has 0 radical (unpaired) electrons. The molecule has 16 heavy (non-hydrogen) atoms. The summed E-state index contributed by atoms with van der Waals surface area (Å²) in [6.45, 7) is 3.31. The third kappa shape index (κ3) is 2.88. The Labute approximate surface area is 94.8 Å². The molecule has 0 amide bonds. The quantitative estimate of drug-likeness (QED) is 0.792. The molecule has 0 bridgehead atoms. The molecule has 0 spiro atoms. The number of hydrogen-bond donors (Lipinski definition) is 2. The summed E-state index contributed by atoms with van der Waals surface area (Å²) in [7, 11) is 0. The van der Waals surface area contributed by atoms with Crippen molar-refractivity contribution in [2.75, 3.05) is 13.1 Å². The number of alkyl halides is 3. The van der Waals surface area contributed by atoms with Crippen molar-refractivity contribution in [2.24, 2.45) is 11.1 Å². The molecule has 3 N–H and O–H groups in total. The molecule has 0 aromatic rings. The molecular formula is C11H21F3N2. The fourth-order valence-electron chi connectivity index (χ4n) is 2.62. The fraction of sp³-hybridized carbons (Fsp3) is 1.00. The number of halogens is 3. The van der Waals surface area contributed by atoms with Gasteiger partial charge in [0.2, 0.25) is 0 Å². The van der Waals surface area contributed by atoms with Crippen LogP contribution in [0.2, 0.25) is 0 Å². The lowest BCUT2D eigenvalue weighted by Crippen LogP contribution is -2.63. The average Bonchev–Trinajstić information content (AvgIpc) is 2.15. The van der Waals surface area contributed by atoms with Crippen LogP contribution >= 0.6 is 0 Å². The van der Waals surface area contributed by atoms with E-state index in [-0.39, 0.29) is 12.0 Å². The van der Waals surface area contributed by atoms with Crippen molar-refractivity contribution in [3.63, 3.8) is 0 Å². The van der Waals surface area contributed by atoms with Gasteiger partial charge in [-0.1, -0.05) is 26.7 Å². The summed E-state index contributed by atoms with van der Waals surface area (Å²) >= 11 is 0. The van der Waals surface area contributed by atoms with Crippen LogP contribution in [0.15, 0.2) is 0 Å². The summed E-state index contributed by atoms with van der Waals surface area (Å²) in [5.41, 5.74) is 4.97. The first-order valence-corrected chi connectivity index (χ1v) is 5.74. The predicted octanol–water partition coefficient (Wildman–Crippen LogP) is 2.44. The summed E-state index contributed by atoms with van der Waals surface area (Å²) in [6.07, 6.45) is -0.495. The smallest absolute Gasteiger partial charge is 0.329 e. The Kier molecular flexibility index (Phi) is 3.90. The monoisotopic (exact) mass is 238 g/mol. The van der Waals surface area contributed by atoms with Crippen LogP contribution in [-0.4, -0.2) is 24.8 Å². The van der Waals surface area contributed by atoms with Gasteiger partial charge in [0.1, 0.15) is 0 Å². The van der Waals surface area contributed by atoms with E-state index in [1.165, 1.54) is 0 Å². The lowest BCUT2D eigenvalue weighted by atomic mass is 9.63. The molecule has 1 aliphatic carbocycles. The normalized spacial score (nSPS) is 30.4. The van der Waals surface area contributed by atoms with Gasteiger partial charge in [-0.05, 0) is 18.3 Å². The lowest BCUT2D eigenvalue weighted by Gasteiger charge is -2.50. The van der Waals surface area contributed by atoms with Crippen molar-refractivity contribution in [1.29, 1.82) is 0 Å². The first kappa shape index (κ1) is 13.8. The first-order valence-electron chi connectivity index (χ1n) is 5.74. The minimum atomic E-state index is -4.17. The Hall–Kier alpha value is -0.290. The van der Waals surface area contributed by atoms with Crippen LogP contribution in [0.4, 0.5) is 13.2 Å². The zero-order valence-electron chi connectivity index (χ0n) is 9.95. The maximum atomic E-state index is 12.3. The number of rotatable bonds is 3. The van der Waals surface area contributed by atoms with Gasteiger partial charge >= 0.3 is 6.18 Å². The van der Waals surface area contributed by atoms with Gasteiger partial charge in [-0.15, -0.1) is 0 Å². The van der Waals surface area contributed by atoms with E-state index in [0.717, 1.165) is 25.7 Å². The average molecular weight is 238 g/mol. The van der Waals surface area contributed by atoms with Gasteiger partial charge < -0.3 is 11.1 Å². The van der Waals surface area contributed by atoms with Gasteiger partial charge in [0, 0.05) is 12.1 Å². The second-order valence-electron chi connectivity index (χ2n) is 5.35. The number of hydrogen-bond acceptors (Lipinski definition) is 2. The summed E-state index contributed by atoms with van der Waals surface area (Å²) in [5.74, 6) is 0. The molecular weight excluding hydrogens is 217 g/mol. The highest BCUT2D eigenvalue weighted by Crippen LogP contribution is 2.43. The number of nitrogens with one attached hydrogen (secondary N) is 1. The van der Waals surface area contributed by atoms with Crippen LogP contribution in [0, 0.1) is 5.41 Å². The van der Waals surface area contributed by atoms with Gasteiger partial charge in [0.25, 0.3) is 0 Å². The van der Waals surface area contributed by atoms with Crippen LogP contribution in [0.1, 0.15) is 39.5 Å². The van der Waals surface area contributed by atoms with Crippen LogP contribution in [0.5, 0.6) is 0 Å². The summed E-state index contributed by atoms with van der Waals surface area (Å²) < 4.78 is 36.8. The SMILES string of the molecule is CC1(C)CCCCC1(CN)NCC(F)(F)F. The minimum absolute atomic E-state index is 0.175. The van der Waals surface area contributed by atoms with E-state index < -0.39 is 18.3 Å². The molecule has 1 aliphatic rings. The molecule has 1 saturated carbocycles. The molecule has 96 valence electrons. The Balaban J connectivity index is 2.75. The molecule has 1 fully saturated rings. The fourth-order valence-corrected chi connectivity index (χ4v) is 2.62. The van der Waals surface area contributed by atoms with Crippen molar-refractivity contribution < 1.29 is 13.2 Å². The highest BCUT2D eigenvalue weighted by molar-refractivity contribution is 5.03. The van der Waals surface area contributed by atoms with Gasteiger partial charge in [-0.3, -0.25) is 0 Å². The molecule has 0 aromatic heterocycles. The Bertz CT molecular complexity index is 238. The van der Waals surface area contributed by atoms with Crippen LogP contribution in [0.3, 0.4) is 0 Å². The zero-order chi connectivity index (χ0) is 12.4. The Morgan fingerprint density at radius 3 is 2.19 bits per heavy atom. The van der Waals surface area contributed by atoms with Crippen LogP contribution in [0.25, 0.3) is 0 Å². The van der Waals surface area contributed by atoms with E-state index in [1.54, 1.807) is 0 Å². The van der Waals surface area contributed by atoms with E-state index >= 15 is 0 Å². The molecule has 5 heteroatoms. The summed E-state index contributed by atoms with van der Waals surface area (Å²) in [5, 5.41) is 2.66. The maximum Gasteiger partial charge on any atom is 0.401 e. The van der Waals surface area contributed by atoms with E-state index in [4.69, 9.17) is 5.73 Å². The van der Waals surface area contributed by atoms with Crippen molar-refractivity contribution >= 4 is 0 Å². The first-order chi connectivity index (χ1) is 7.22. The second-order valence-corrected chi connectivity index (χ2v) is 5.35. The van der Waals surface area contributed by atoms with Crippen LogP contribution < -0.4 is 11.1 Å². The van der Waals surface area contributed by atoms with Crippen molar-refractivity contribution in [1.82, 2.24) is 5.32 Å². The summed E-state index contributed by atoms with van der Waals surface area (Å²) in [4.78, 5) is 0. The van der Waals surface area contributed by atoms with Gasteiger partial charge in [-0.2, -0.15) is 13.2 Å². The van der Waals surface area contributed by atoms with Gasteiger partial charge in [-0.25, -0.2) is 0 Å². The Morgan fingerprint density at radius 1 is 1.19 bits per heavy atom. The molecule has 1 rings (SSSR count). The standard InChI is InChI=1S/C11H21F3N2/c1-9(2)5-3-4-6-10(9,7-15)16-8-11(12,13)14/h16H,3-8,15H2,1-2H3. The van der Waals surface area contributed by atoms with E-state index in [1.807, 2.05) is 13.8 Å². The molecule has 0 heterocycles. The topological polar surface area (TPSA) is 38.0 Å². The van der Waals surface area contributed by atoms with Crippen LogP contribution in [-0.2, 0) is 0 Å². The zero-order valence-corrected chi connectivity index (χ0v) is 9.95. The molecule has 0 aliphatic heterocycles. The summed E-state index contributed by atoms with van der Waals surface area (Å²) in [6, 6.07) is 0. The third-order valence-corrected chi connectivity index (χ3v) is 3.93. The molecule has 0 aromatic carbocycles. The van der Waals surface area contributed by atoms with Crippen molar-refractivity contribution in [2.45, 2.75) is 51.2 Å².